The molecule has 0 aliphatic rings. The lowest BCUT2D eigenvalue weighted by molar-refractivity contribution is -0.162. The van der Waals surface area contributed by atoms with Crippen LogP contribution in [-0.2, 0) is 11.3 Å². The lowest BCUT2D eigenvalue weighted by atomic mass is 10.4. The standard InChI is InChI=1S/C10H11BrF3NO2S/c1-2-15(5-7-3-4-8(11)18-7)9(16)17-6-10(12,13)14/h3-4H,2,5-6H2,1H3. The van der Waals surface area contributed by atoms with Crippen molar-refractivity contribution in [1.82, 2.24) is 4.90 Å². The van der Waals surface area contributed by atoms with Gasteiger partial charge < -0.3 is 9.64 Å². The first-order valence-electron chi connectivity index (χ1n) is 5.04. The van der Waals surface area contributed by atoms with Crippen molar-refractivity contribution in [1.29, 1.82) is 0 Å². The number of nitrogens with zero attached hydrogens (tertiary/aromatic N) is 1. The summed E-state index contributed by atoms with van der Waals surface area (Å²) in [6, 6.07) is 3.61. The molecule has 0 aliphatic carbocycles. The molecule has 1 heterocycles. The third-order valence-corrected chi connectivity index (χ3v) is 3.58. The number of ether oxygens (including phenoxy) is 1. The highest BCUT2D eigenvalue weighted by Gasteiger charge is 2.30. The number of alkyl halides is 3. The van der Waals surface area contributed by atoms with Crippen molar-refractivity contribution in [3.8, 4) is 0 Å². The summed E-state index contributed by atoms with van der Waals surface area (Å²) in [6.45, 7) is 0.642. The maximum atomic E-state index is 11.9. The third-order valence-electron chi connectivity index (χ3n) is 1.97. The number of hydrogen-bond donors (Lipinski definition) is 0. The number of halogens is 4. The van der Waals surface area contributed by atoms with Gasteiger partial charge in [-0.25, -0.2) is 4.79 Å². The number of carbonyl (C=O) groups excluding carboxylic acids is 1. The second-order valence-corrected chi connectivity index (χ2v) is 5.94. The predicted octanol–water partition coefficient (Wildman–Crippen LogP) is 4.03. The summed E-state index contributed by atoms with van der Waals surface area (Å²) in [5, 5.41) is 0. The van der Waals surface area contributed by atoms with Gasteiger partial charge in [0.15, 0.2) is 6.61 Å². The molecule has 0 fully saturated rings. The Morgan fingerprint density at radius 3 is 2.61 bits per heavy atom. The predicted molar refractivity (Wildman–Crippen MR) is 65.5 cm³/mol. The van der Waals surface area contributed by atoms with Crippen molar-refractivity contribution in [2.45, 2.75) is 19.6 Å². The summed E-state index contributed by atoms with van der Waals surface area (Å²) in [7, 11) is 0. The first-order valence-corrected chi connectivity index (χ1v) is 6.65. The molecule has 1 aromatic heterocycles. The lowest BCUT2D eigenvalue weighted by Crippen LogP contribution is -2.33. The van der Waals surface area contributed by atoms with Crippen molar-refractivity contribution >= 4 is 33.4 Å². The summed E-state index contributed by atoms with van der Waals surface area (Å²) in [6.07, 6.45) is -5.46. The van der Waals surface area contributed by atoms with Gasteiger partial charge in [-0.05, 0) is 35.0 Å². The van der Waals surface area contributed by atoms with Crippen LogP contribution in [0.15, 0.2) is 15.9 Å². The molecule has 0 unspecified atom stereocenters. The van der Waals surface area contributed by atoms with E-state index in [1.165, 1.54) is 16.2 Å². The van der Waals surface area contributed by atoms with E-state index in [4.69, 9.17) is 0 Å². The third kappa shape index (κ3) is 5.26. The van der Waals surface area contributed by atoms with Crippen LogP contribution >= 0.6 is 27.3 Å². The van der Waals surface area contributed by atoms with Gasteiger partial charge in [0.05, 0.1) is 10.3 Å². The fourth-order valence-corrected chi connectivity index (χ4v) is 2.66. The maximum Gasteiger partial charge on any atom is 0.422 e. The Hall–Kier alpha value is -0.760. The van der Waals surface area contributed by atoms with Gasteiger partial charge in [-0.3, -0.25) is 0 Å². The summed E-state index contributed by atoms with van der Waals surface area (Å²) in [5.41, 5.74) is 0. The minimum absolute atomic E-state index is 0.240. The van der Waals surface area contributed by atoms with Gasteiger partial charge in [0, 0.05) is 11.4 Å². The van der Waals surface area contributed by atoms with E-state index in [1.807, 2.05) is 6.07 Å². The number of carbonyl (C=O) groups is 1. The topological polar surface area (TPSA) is 29.5 Å². The summed E-state index contributed by atoms with van der Waals surface area (Å²) in [5.74, 6) is 0. The van der Waals surface area contributed by atoms with Gasteiger partial charge in [0.25, 0.3) is 0 Å². The molecular formula is C10H11BrF3NO2S. The largest absolute Gasteiger partial charge is 0.440 e. The van der Waals surface area contributed by atoms with Crippen LogP contribution in [0.2, 0.25) is 0 Å². The molecule has 1 amide bonds. The van der Waals surface area contributed by atoms with Gasteiger partial charge in [-0.15, -0.1) is 11.3 Å². The highest BCUT2D eigenvalue weighted by Crippen LogP contribution is 2.23. The van der Waals surface area contributed by atoms with Crippen molar-refractivity contribution in [2.75, 3.05) is 13.2 Å². The van der Waals surface area contributed by atoms with Crippen LogP contribution in [0.5, 0.6) is 0 Å². The van der Waals surface area contributed by atoms with Gasteiger partial charge in [0.2, 0.25) is 0 Å². The van der Waals surface area contributed by atoms with E-state index in [1.54, 1.807) is 13.0 Å². The number of hydrogen-bond acceptors (Lipinski definition) is 3. The highest BCUT2D eigenvalue weighted by atomic mass is 79.9. The molecule has 0 aromatic carbocycles. The molecule has 18 heavy (non-hydrogen) atoms. The molecule has 0 saturated carbocycles. The molecule has 1 rings (SSSR count). The molecule has 3 nitrogen and oxygen atoms in total. The number of thiophene rings is 1. The Balaban J connectivity index is 2.52. The molecule has 1 aromatic rings. The van der Waals surface area contributed by atoms with Crippen LogP contribution in [0.25, 0.3) is 0 Å². The monoisotopic (exact) mass is 345 g/mol. The van der Waals surface area contributed by atoms with E-state index in [0.29, 0.717) is 0 Å². The molecule has 0 radical (unpaired) electrons. The van der Waals surface area contributed by atoms with Gasteiger partial charge in [-0.1, -0.05) is 0 Å². The average Bonchev–Trinajstić information content (AvgIpc) is 2.67. The Labute approximate surface area is 115 Å². The van der Waals surface area contributed by atoms with Crippen LogP contribution in [0, 0.1) is 0 Å². The first kappa shape index (κ1) is 15.3. The smallest absolute Gasteiger partial charge is 0.422 e. The maximum absolute atomic E-state index is 11.9. The molecule has 0 bridgehead atoms. The minimum Gasteiger partial charge on any atom is -0.440 e. The summed E-state index contributed by atoms with van der Waals surface area (Å²) >= 11 is 4.69. The Morgan fingerprint density at radius 2 is 2.17 bits per heavy atom. The summed E-state index contributed by atoms with van der Waals surface area (Å²) < 4.78 is 40.8. The van der Waals surface area contributed by atoms with Crippen molar-refractivity contribution in [3.05, 3.63) is 20.8 Å². The fourth-order valence-electron chi connectivity index (χ4n) is 1.17. The number of rotatable bonds is 4. The van der Waals surface area contributed by atoms with E-state index in [9.17, 15) is 18.0 Å². The van der Waals surface area contributed by atoms with E-state index in [2.05, 4.69) is 20.7 Å². The van der Waals surface area contributed by atoms with Crippen LogP contribution in [0.3, 0.4) is 0 Å². The van der Waals surface area contributed by atoms with E-state index >= 15 is 0 Å². The van der Waals surface area contributed by atoms with Crippen molar-refractivity contribution in [2.24, 2.45) is 0 Å². The van der Waals surface area contributed by atoms with Crippen molar-refractivity contribution in [3.63, 3.8) is 0 Å². The first-order chi connectivity index (χ1) is 8.31. The molecule has 0 atom stereocenters. The van der Waals surface area contributed by atoms with Crippen LogP contribution in [0.1, 0.15) is 11.8 Å². The Bertz CT molecular complexity index is 408. The zero-order valence-electron chi connectivity index (χ0n) is 9.46. The highest BCUT2D eigenvalue weighted by molar-refractivity contribution is 9.11. The molecule has 0 N–H and O–H groups in total. The van der Waals surface area contributed by atoms with E-state index in [-0.39, 0.29) is 13.1 Å². The fraction of sp³-hybridized carbons (Fsp3) is 0.500. The SMILES string of the molecule is CCN(Cc1ccc(Br)s1)C(=O)OCC(F)(F)F. The molecule has 8 heteroatoms. The van der Waals surface area contributed by atoms with Gasteiger partial charge in [-0.2, -0.15) is 13.2 Å². The summed E-state index contributed by atoms with van der Waals surface area (Å²) in [4.78, 5) is 13.5. The van der Waals surface area contributed by atoms with Crippen LogP contribution in [-0.4, -0.2) is 30.3 Å². The van der Waals surface area contributed by atoms with Crippen molar-refractivity contribution < 1.29 is 22.7 Å². The second-order valence-electron chi connectivity index (χ2n) is 3.39. The van der Waals surface area contributed by atoms with Gasteiger partial charge in [0.1, 0.15) is 0 Å². The molecule has 0 aliphatic heterocycles. The lowest BCUT2D eigenvalue weighted by Gasteiger charge is -2.20. The zero-order chi connectivity index (χ0) is 13.8. The average molecular weight is 346 g/mol. The minimum atomic E-state index is -4.50. The van der Waals surface area contributed by atoms with Crippen LogP contribution in [0.4, 0.5) is 18.0 Å². The molecule has 0 saturated heterocycles. The Morgan fingerprint density at radius 1 is 1.50 bits per heavy atom. The van der Waals surface area contributed by atoms with Gasteiger partial charge >= 0.3 is 12.3 Å². The molecule has 0 spiro atoms. The van der Waals surface area contributed by atoms with E-state index < -0.39 is 18.9 Å². The van der Waals surface area contributed by atoms with Crippen LogP contribution < -0.4 is 0 Å². The quantitative estimate of drug-likeness (QED) is 0.824. The van der Waals surface area contributed by atoms with E-state index in [0.717, 1.165) is 8.66 Å². The Kier molecular flexibility index (Phi) is 5.46. The number of amides is 1. The molecule has 102 valence electrons. The zero-order valence-corrected chi connectivity index (χ0v) is 11.9. The normalized spacial score (nSPS) is 11.4. The molecular weight excluding hydrogens is 335 g/mol. The second kappa shape index (κ2) is 6.42.